The summed E-state index contributed by atoms with van der Waals surface area (Å²) in [4.78, 5) is 12.5. The predicted molar refractivity (Wildman–Crippen MR) is 85.5 cm³/mol. The van der Waals surface area contributed by atoms with Crippen LogP contribution >= 0.6 is 0 Å². The molecule has 0 fully saturated rings. The fourth-order valence-electron chi connectivity index (χ4n) is 1.87. The predicted octanol–water partition coefficient (Wildman–Crippen LogP) is 3.44. The summed E-state index contributed by atoms with van der Waals surface area (Å²) in [6, 6.07) is 16.2. The molecule has 0 aliphatic rings. The van der Waals surface area contributed by atoms with Crippen molar-refractivity contribution in [3.63, 3.8) is 0 Å². The second kappa shape index (κ2) is 6.22. The average molecular weight is 301 g/mol. The highest BCUT2D eigenvalue weighted by atomic mass is 32.2. The molecule has 0 bridgehead atoms. The maximum atomic E-state index is 12.2. The Morgan fingerprint density at radius 1 is 0.952 bits per heavy atom. The third kappa shape index (κ3) is 4.02. The van der Waals surface area contributed by atoms with Gasteiger partial charge >= 0.3 is 0 Å². The minimum absolute atomic E-state index is 0.0489. The van der Waals surface area contributed by atoms with Gasteiger partial charge in [0, 0.05) is 5.56 Å². The Bertz CT molecular complexity index is 643. The van der Waals surface area contributed by atoms with Gasteiger partial charge in [0.1, 0.15) is 0 Å². The highest BCUT2D eigenvalue weighted by Gasteiger charge is 2.15. The van der Waals surface area contributed by atoms with E-state index in [-0.39, 0.29) is 11.3 Å². The van der Waals surface area contributed by atoms with E-state index in [1.165, 1.54) is 0 Å². The van der Waals surface area contributed by atoms with Gasteiger partial charge in [0.2, 0.25) is 0 Å². The summed E-state index contributed by atoms with van der Waals surface area (Å²) in [7, 11) is -1.55. The molecule has 0 aliphatic carbocycles. The molecule has 1 atom stereocenters. The summed E-state index contributed by atoms with van der Waals surface area (Å²) in [6.07, 6.45) is 0. The monoisotopic (exact) mass is 301 g/mol. The Kier molecular flexibility index (Phi) is 4.58. The van der Waals surface area contributed by atoms with Gasteiger partial charge in [-0.2, -0.15) is 0 Å². The highest BCUT2D eigenvalue weighted by molar-refractivity contribution is 7.83. The SMILES string of the molecule is CC(C)(C)c1ccc(S(=O)NC(=O)c2ccccc2)cc1. The zero-order chi connectivity index (χ0) is 15.5. The Morgan fingerprint density at radius 2 is 1.52 bits per heavy atom. The molecule has 1 unspecified atom stereocenters. The third-order valence-corrected chi connectivity index (χ3v) is 4.23. The molecule has 0 saturated heterocycles. The molecule has 0 heterocycles. The molecule has 3 nitrogen and oxygen atoms in total. The number of carbonyl (C=O) groups excluding carboxylic acids is 1. The van der Waals surface area contributed by atoms with Gasteiger partial charge in [0.25, 0.3) is 5.91 Å². The van der Waals surface area contributed by atoms with E-state index in [0.717, 1.165) is 5.56 Å². The summed E-state index contributed by atoms with van der Waals surface area (Å²) in [6.45, 7) is 6.36. The number of rotatable bonds is 3. The molecule has 0 aliphatic heterocycles. The second-order valence-electron chi connectivity index (χ2n) is 5.84. The molecule has 1 amide bonds. The first-order valence-corrected chi connectivity index (χ1v) is 7.91. The van der Waals surface area contributed by atoms with Crippen LogP contribution < -0.4 is 4.72 Å². The van der Waals surface area contributed by atoms with E-state index in [1.807, 2.05) is 18.2 Å². The Morgan fingerprint density at radius 3 is 2.05 bits per heavy atom. The smallest absolute Gasteiger partial charge is 0.263 e. The fraction of sp³-hybridized carbons (Fsp3) is 0.235. The lowest BCUT2D eigenvalue weighted by Crippen LogP contribution is -2.25. The van der Waals surface area contributed by atoms with Crippen molar-refractivity contribution < 1.29 is 9.00 Å². The van der Waals surface area contributed by atoms with Crippen LogP contribution in [0.5, 0.6) is 0 Å². The van der Waals surface area contributed by atoms with Crippen molar-refractivity contribution in [1.29, 1.82) is 0 Å². The summed E-state index contributed by atoms with van der Waals surface area (Å²) in [5.74, 6) is -0.339. The molecule has 110 valence electrons. The van der Waals surface area contributed by atoms with E-state index in [1.54, 1.807) is 36.4 Å². The summed E-state index contributed by atoms with van der Waals surface area (Å²) in [5, 5.41) is 0. The van der Waals surface area contributed by atoms with Crippen molar-refractivity contribution in [3.8, 4) is 0 Å². The number of amides is 1. The molecule has 2 rings (SSSR count). The van der Waals surface area contributed by atoms with Crippen molar-refractivity contribution in [1.82, 2.24) is 4.72 Å². The molecular weight excluding hydrogens is 282 g/mol. The van der Waals surface area contributed by atoms with E-state index in [4.69, 9.17) is 0 Å². The fourth-order valence-corrected chi connectivity index (χ4v) is 2.66. The molecular formula is C17H19NO2S. The van der Waals surface area contributed by atoms with Crippen molar-refractivity contribution >= 4 is 16.9 Å². The van der Waals surface area contributed by atoms with Crippen LogP contribution in [-0.4, -0.2) is 10.1 Å². The standard InChI is InChI=1S/C17H19NO2S/c1-17(2,3)14-9-11-15(12-10-14)21(20)18-16(19)13-7-5-4-6-8-13/h4-12H,1-3H3,(H,18,19). The molecule has 21 heavy (non-hydrogen) atoms. The molecule has 0 spiro atoms. The molecule has 0 aromatic heterocycles. The molecule has 2 aromatic rings. The van der Waals surface area contributed by atoms with Crippen LogP contribution in [-0.2, 0) is 16.4 Å². The number of hydrogen-bond donors (Lipinski definition) is 1. The van der Waals surface area contributed by atoms with Gasteiger partial charge < -0.3 is 0 Å². The molecule has 2 aromatic carbocycles. The minimum Gasteiger partial charge on any atom is -0.268 e. The van der Waals surface area contributed by atoms with Gasteiger partial charge in [0.15, 0.2) is 11.0 Å². The Balaban J connectivity index is 2.09. The molecule has 0 saturated carbocycles. The van der Waals surface area contributed by atoms with Crippen molar-refractivity contribution in [2.75, 3.05) is 0 Å². The van der Waals surface area contributed by atoms with Crippen LogP contribution in [0.2, 0.25) is 0 Å². The van der Waals surface area contributed by atoms with Crippen LogP contribution in [0.3, 0.4) is 0 Å². The average Bonchev–Trinajstić information content (AvgIpc) is 2.47. The zero-order valence-corrected chi connectivity index (χ0v) is 13.2. The first-order chi connectivity index (χ1) is 9.88. The maximum absolute atomic E-state index is 12.2. The largest absolute Gasteiger partial charge is 0.268 e. The van der Waals surface area contributed by atoms with Gasteiger partial charge in [-0.25, -0.2) is 4.21 Å². The van der Waals surface area contributed by atoms with E-state index >= 15 is 0 Å². The van der Waals surface area contributed by atoms with Crippen molar-refractivity contribution in [3.05, 3.63) is 65.7 Å². The number of hydrogen-bond acceptors (Lipinski definition) is 2. The number of benzene rings is 2. The van der Waals surface area contributed by atoms with E-state index < -0.39 is 11.0 Å². The minimum atomic E-state index is -1.55. The molecule has 4 heteroatoms. The van der Waals surface area contributed by atoms with Gasteiger partial charge in [0.05, 0.1) is 4.90 Å². The Labute approximate surface area is 128 Å². The van der Waals surface area contributed by atoms with Crippen LogP contribution in [0.4, 0.5) is 0 Å². The van der Waals surface area contributed by atoms with Crippen LogP contribution in [0.1, 0.15) is 36.7 Å². The van der Waals surface area contributed by atoms with Crippen LogP contribution in [0.15, 0.2) is 59.5 Å². The van der Waals surface area contributed by atoms with Crippen LogP contribution in [0.25, 0.3) is 0 Å². The van der Waals surface area contributed by atoms with E-state index in [9.17, 15) is 9.00 Å². The molecule has 0 radical (unpaired) electrons. The van der Waals surface area contributed by atoms with Gasteiger partial charge in [-0.3, -0.25) is 9.52 Å². The van der Waals surface area contributed by atoms with Crippen molar-refractivity contribution in [2.45, 2.75) is 31.1 Å². The number of carbonyl (C=O) groups is 1. The van der Waals surface area contributed by atoms with Gasteiger partial charge in [-0.05, 0) is 35.2 Å². The highest BCUT2D eigenvalue weighted by Crippen LogP contribution is 2.22. The summed E-state index contributed by atoms with van der Waals surface area (Å²) in [5.41, 5.74) is 1.71. The van der Waals surface area contributed by atoms with Crippen LogP contribution in [0, 0.1) is 0 Å². The summed E-state index contributed by atoms with van der Waals surface area (Å²) < 4.78 is 14.7. The van der Waals surface area contributed by atoms with Gasteiger partial charge in [-0.1, -0.05) is 51.1 Å². The zero-order valence-electron chi connectivity index (χ0n) is 12.4. The topological polar surface area (TPSA) is 46.2 Å². The van der Waals surface area contributed by atoms with E-state index in [0.29, 0.717) is 10.5 Å². The van der Waals surface area contributed by atoms with E-state index in [2.05, 4.69) is 25.5 Å². The number of nitrogens with one attached hydrogen (secondary N) is 1. The lowest BCUT2D eigenvalue weighted by atomic mass is 9.87. The normalized spacial score (nSPS) is 12.7. The third-order valence-electron chi connectivity index (χ3n) is 3.16. The molecule has 1 N–H and O–H groups in total. The second-order valence-corrected chi connectivity index (χ2v) is 7.05. The summed E-state index contributed by atoms with van der Waals surface area (Å²) >= 11 is 0. The first-order valence-electron chi connectivity index (χ1n) is 6.76. The lowest BCUT2D eigenvalue weighted by molar-refractivity contribution is 0.0983. The first kappa shape index (κ1) is 15.4. The van der Waals surface area contributed by atoms with Gasteiger partial charge in [-0.15, -0.1) is 0 Å². The maximum Gasteiger partial charge on any atom is 0.263 e. The Hall–Kier alpha value is -1.94. The van der Waals surface area contributed by atoms with Crippen molar-refractivity contribution in [2.24, 2.45) is 0 Å². The quantitative estimate of drug-likeness (QED) is 0.944. The lowest BCUT2D eigenvalue weighted by Gasteiger charge is -2.19.